The molecular weight excluding hydrogens is 366 g/mol. The molecular formula is C23H27N3O3. The van der Waals surface area contributed by atoms with Crippen LogP contribution in [-0.4, -0.2) is 43.0 Å². The fourth-order valence-electron chi connectivity index (χ4n) is 4.05. The maximum absolute atomic E-state index is 12.5. The number of nitrogens with one attached hydrogen (secondary N) is 1. The molecule has 1 atom stereocenters. The summed E-state index contributed by atoms with van der Waals surface area (Å²) >= 11 is 0. The van der Waals surface area contributed by atoms with E-state index in [4.69, 9.17) is 4.74 Å². The number of hydrogen-bond acceptors (Lipinski definition) is 4. The largest absolute Gasteiger partial charge is 0.482 e. The third-order valence-corrected chi connectivity index (χ3v) is 5.49. The number of carbonyl (C=O) groups excluding carboxylic acids is 2. The van der Waals surface area contributed by atoms with Crippen LogP contribution in [0.15, 0.2) is 48.5 Å². The summed E-state index contributed by atoms with van der Waals surface area (Å²) in [6.07, 6.45) is 2.58. The zero-order valence-corrected chi connectivity index (χ0v) is 16.8. The zero-order chi connectivity index (χ0) is 20.2. The number of fused-ring (bicyclic) bond motifs is 1. The van der Waals surface area contributed by atoms with Crippen molar-refractivity contribution >= 4 is 23.2 Å². The Balaban J connectivity index is 1.35. The Hall–Kier alpha value is -2.86. The van der Waals surface area contributed by atoms with Gasteiger partial charge in [0, 0.05) is 18.8 Å². The Kier molecular flexibility index (Phi) is 5.81. The van der Waals surface area contributed by atoms with Gasteiger partial charge < -0.3 is 10.1 Å². The van der Waals surface area contributed by atoms with Crippen molar-refractivity contribution in [3.05, 3.63) is 54.1 Å². The topological polar surface area (TPSA) is 61.9 Å². The van der Waals surface area contributed by atoms with Crippen LogP contribution in [0.3, 0.4) is 0 Å². The fourth-order valence-corrected chi connectivity index (χ4v) is 4.05. The summed E-state index contributed by atoms with van der Waals surface area (Å²) in [6.45, 7) is 5.46. The second-order valence-corrected chi connectivity index (χ2v) is 7.96. The molecule has 6 heteroatoms. The lowest BCUT2D eigenvalue weighted by Crippen LogP contribution is -2.43. The first-order valence-corrected chi connectivity index (χ1v) is 10.2. The van der Waals surface area contributed by atoms with Gasteiger partial charge in [-0.1, -0.05) is 31.2 Å². The molecule has 2 amide bonds. The molecule has 6 nitrogen and oxygen atoms in total. The monoisotopic (exact) mass is 393 g/mol. The standard InChI is InChI=1S/C23H27N3O3/c1-17-5-4-12-25(13-17)14-18-8-10-19(11-9-18)24-22(27)15-26-20-6-2-3-7-21(20)29-16-23(26)28/h2-3,6-11,17H,4-5,12-16H2,1H3,(H,24,27). The molecule has 0 aliphatic carbocycles. The molecule has 2 heterocycles. The predicted molar refractivity (Wildman–Crippen MR) is 113 cm³/mol. The van der Waals surface area contributed by atoms with Gasteiger partial charge in [-0.25, -0.2) is 0 Å². The Bertz CT molecular complexity index is 881. The SMILES string of the molecule is CC1CCCN(Cc2ccc(NC(=O)CN3C(=O)COc4ccccc43)cc2)C1. The molecule has 4 rings (SSSR count). The van der Waals surface area contributed by atoms with Crippen LogP contribution in [0.2, 0.25) is 0 Å². The van der Waals surface area contributed by atoms with Crippen LogP contribution in [0, 0.1) is 5.92 Å². The Labute approximate surface area is 171 Å². The first-order chi connectivity index (χ1) is 14.1. The van der Waals surface area contributed by atoms with Gasteiger partial charge in [-0.3, -0.25) is 19.4 Å². The van der Waals surface area contributed by atoms with Crippen molar-refractivity contribution < 1.29 is 14.3 Å². The molecule has 2 aromatic rings. The van der Waals surface area contributed by atoms with Gasteiger partial charge in [0.1, 0.15) is 12.3 Å². The van der Waals surface area contributed by atoms with E-state index in [-0.39, 0.29) is 25.0 Å². The van der Waals surface area contributed by atoms with Gasteiger partial charge in [0.25, 0.3) is 5.91 Å². The minimum atomic E-state index is -0.229. The number of para-hydroxylation sites is 2. The second kappa shape index (κ2) is 8.66. The second-order valence-electron chi connectivity index (χ2n) is 7.96. The van der Waals surface area contributed by atoms with Crippen LogP contribution in [0.1, 0.15) is 25.3 Å². The van der Waals surface area contributed by atoms with Gasteiger partial charge in [0.15, 0.2) is 6.61 Å². The lowest BCUT2D eigenvalue weighted by molar-refractivity contribution is -0.123. The number of rotatable bonds is 5. The van der Waals surface area contributed by atoms with Crippen LogP contribution >= 0.6 is 0 Å². The van der Waals surface area contributed by atoms with E-state index >= 15 is 0 Å². The number of carbonyl (C=O) groups is 2. The molecule has 2 aliphatic rings. The third kappa shape index (κ3) is 4.77. The molecule has 2 aromatic carbocycles. The van der Waals surface area contributed by atoms with E-state index in [0.717, 1.165) is 31.2 Å². The van der Waals surface area contributed by atoms with Crippen LogP contribution in [0.5, 0.6) is 5.75 Å². The van der Waals surface area contributed by atoms with Crippen molar-refractivity contribution in [2.24, 2.45) is 5.92 Å². The van der Waals surface area contributed by atoms with Crippen molar-refractivity contribution in [1.29, 1.82) is 0 Å². The quantitative estimate of drug-likeness (QED) is 0.847. The molecule has 152 valence electrons. The van der Waals surface area contributed by atoms with E-state index in [1.54, 1.807) is 12.1 Å². The maximum atomic E-state index is 12.5. The number of anilines is 2. The summed E-state index contributed by atoms with van der Waals surface area (Å²) in [7, 11) is 0. The molecule has 29 heavy (non-hydrogen) atoms. The van der Waals surface area contributed by atoms with Gasteiger partial charge >= 0.3 is 0 Å². The number of piperidine rings is 1. The Morgan fingerprint density at radius 3 is 2.76 bits per heavy atom. The highest BCUT2D eigenvalue weighted by Gasteiger charge is 2.27. The van der Waals surface area contributed by atoms with Gasteiger partial charge in [0.2, 0.25) is 5.91 Å². The fraction of sp³-hybridized carbons (Fsp3) is 0.391. The van der Waals surface area contributed by atoms with Gasteiger partial charge in [-0.05, 0) is 55.1 Å². The number of amides is 2. The number of hydrogen-bond donors (Lipinski definition) is 1. The summed E-state index contributed by atoms with van der Waals surface area (Å²) in [4.78, 5) is 28.7. The number of likely N-dealkylation sites (tertiary alicyclic amines) is 1. The van der Waals surface area contributed by atoms with Crippen molar-refractivity contribution in [3.63, 3.8) is 0 Å². The highest BCUT2D eigenvalue weighted by atomic mass is 16.5. The molecule has 0 radical (unpaired) electrons. The van der Waals surface area contributed by atoms with Crippen molar-refractivity contribution in [2.45, 2.75) is 26.3 Å². The summed E-state index contributed by atoms with van der Waals surface area (Å²) < 4.78 is 5.42. The van der Waals surface area contributed by atoms with Crippen molar-refractivity contribution in [2.75, 3.05) is 36.5 Å². The highest BCUT2D eigenvalue weighted by molar-refractivity contribution is 6.04. The molecule has 0 bridgehead atoms. The molecule has 1 unspecified atom stereocenters. The van der Waals surface area contributed by atoms with Crippen molar-refractivity contribution in [3.8, 4) is 5.75 Å². The van der Waals surface area contributed by atoms with Crippen LogP contribution in [0.4, 0.5) is 11.4 Å². The third-order valence-electron chi connectivity index (χ3n) is 5.49. The molecule has 0 aromatic heterocycles. The van der Waals surface area contributed by atoms with Crippen LogP contribution in [0.25, 0.3) is 0 Å². The minimum absolute atomic E-state index is 0.0351. The summed E-state index contributed by atoms with van der Waals surface area (Å²) in [5.74, 6) is 0.934. The lowest BCUT2D eigenvalue weighted by atomic mass is 10.00. The zero-order valence-electron chi connectivity index (χ0n) is 16.8. The highest BCUT2D eigenvalue weighted by Crippen LogP contribution is 2.31. The van der Waals surface area contributed by atoms with E-state index in [2.05, 4.69) is 29.3 Å². The minimum Gasteiger partial charge on any atom is -0.482 e. The summed E-state index contributed by atoms with van der Waals surface area (Å²) in [5.41, 5.74) is 2.61. The normalized spacial score (nSPS) is 19.4. The van der Waals surface area contributed by atoms with Crippen molar-refractivity contribution in [1.82, 2.24) is 4.90 Å². The smallest absolute Gasteiger partial charge is 0.265 e. The number of benzene rings is 2. The van der Waals surface area contributed by atoms with Crippen LogP contribution in [-0.2, 0) is 16.1 Å². The molecule has 1 fully saturated rings. The maximum Gasteiger partial charge on any atom is 0.265 e. The van der Waals surface area contributed by atoms with E-state index in [1.807, 2.05) is 24.3 Å². The molecule has 2 aliphatic heterocycles. The summed E-state index contributed by atoms with van der Waals surface area (Å²) in [6, 6.07) is 15.2. The predicted octanol–water partition coefficient (Wildman–Crippen LogP) is 3.28. The first-order valence-electron chi connectivity index (χ1n) is 10.2. The molecule has 1 N–H and O–H groups in total. The average molecular weight is 393 g/mol. The van der Waals surface area contributed by atoms with Gasteiger partial charge in [-0.15, -0.1) is 0 Å². The molecule has 0 saturated carbocycles. The van der Waals surface area contributed by atoms with Crippen LogP contribution < -0.4 is 15.0 Å². The lowest BCUT2D eigenvalue weighted by Gasteiger charge is -2.30. The average Bonchev–Trinajstić information content (AvgIpc) is 2.72. The Morgan fingerprint density at radius 2 is 1.97 bits per heavy atom. The van der Waals surface area contributed by atoms with E-state index in [1.165, 1.54) is 23.3 Å². The molecule has 0 spiro atoms. The van der Waals surface area contributed by atoms with E-state index < -0.39 is 0 Å². The van der Waals surface area contributed by atoms with Gasteiger partial charge in [-0.2, -0.15) is 0 Å². The number of ether oxygens (including phenoxy) is 1. The van der Waals surface area contributed by atoms with E-state index in [9.17, 15) is 9.59 Å². The molecule has 1 saturated heterocycles. The van der Waals surface area contributed by atoms with Gasteiger partial charge in [0.05, 0.1) is 5.69 Å². The van der Waals surface area contributed by atoms with E-state index in [0.29, 0.717) is 11.4 Å². The Morgan fingerprint density at radius 1 is 1.17 bits per heavy atom. The first kappa shape index (κ1) is 19.5. The summed E-state index contributed by atoms with van der Waals surface area (Å²) in [5, 5.41) is 2.89. The number of nitrogens with zero attached hydrogens (tertiary/aromatic N) is 2.